The summed E-state index contributed by atoms with van der Waals surface area (Å²) in [5.41, 5.74) is 0. The van der Waals surface area contributed by atoms with Gasteiger partial charge in [-0.2, -0.15) is 0 Å². The van der Waals surface area contributed by atoms with Crippen LogP contribution in [0.1, 0.15) is 92.4 Å². The van der Waals surface area contributed by atoms with E-state index in [1.54, 1.807) is 0 Å². The standard InChI is InChI=1S/C20H43NO2/c1-6-10-11-12-13-14-15-16-20(22-8-3,23-9-4)17-19(5)18-21-7-2/h19,21H,6-18H2,1-5H3. The monoisotopic (exact) mass is 329 g/mol. The molecule has 23 heavy (non-hydrogen) atoms. The quantitative estimate of drug-likeness (QED) is 0.281. The van der Waals surface area contributed by atoms with E-state index < -0.39 is 0 Å². The molecule has 1 N–H and O–H groups in total. The summed E-state index contributed by atoms with van der Waals surface area (Å²) < 4.78 is 12.2. The third-order valence-corrected chi connectivity index (χ3v) is 4.38. The van der Waals surface area contributed by atoms with Crippen molar-refractivity contribution < 1.29 is 9.47 Å². The number of ether oxygens (including phenoxy) is 2. The van der Waals surface area contributed by atoms with Crippen LogP contribution in [0.4, 0.5) is 0 Å². The van der Waals surface area contributed by atoms with Crippen molar-refractivity contribution in [2.24, 2.45) is 5.92 Å². The molecule has 0 saturated carbocycles. The lowest BCUT2D eigenvalue weighted by molar-refractivity contribution is -0.246. The largest absolute Gasteiger partial charge is 0.350 e. The van der Waals surface area contributed by atoms with E-state index in [0.29, 0.717) is 5.92 Å². The highest BCUT2D eigenvalue weighted by Gasteiger charge is 2.32. The van der Waals surface area contributed by atoms with Crippen LogP contribution in [0.15, 0.2) is 0 Å². The Bertz CT molecular complexity index is 240. The SMILES string of the molecule is CCCCCCCCCC(CC(C)CNCC)(OCC)OCC. The first-order valence-electron chi connectivity index (χ1n) is 10.1. The van der Waals surface area contributed by atoms with Crippen LogP contribution in [0, 0.1) is 5.92 Å². The van der Waals surface area contributed by atoms with Crippen LogP contribution in [-0.2, 0) is 9.47 Å². The third kappa shape index (κ3) is 12.0. The molecule has 0 rings (SSSR count). The summed E-state index contributed by atoms with van der Waals surface area (Å²) in [7, 11) is 0. The molecule has 0 spiro atoms. The highest BCUT2D eigenvalue weighted by Crippen LogP contribution is 2.29. The van der Waals surface area contributed by atoms with Gasteiger partial charge in [0.1, 0.15) is 0 Å². The van der Waals surface area contributed by atoms with Crippen LogP contribution in [0.2, 0.25) is 0 Å². The molecule has 0 saturated heterocycles. The van der Waals surface area contributed by atoms with E-state index in [4.69, 9.17) is 9.47 Å². The minimum absolute atomic E-state index is 0.373. The van der Waals surface area contributed by atoms with Crippen molar-refractivity contribution in [1.29, 1.82) is 0 Å². The van der Waals surface area contributed by atoms with E-state index >= 15 is 0 Å². The lowest BCUT2D eigenvalue weighted by Crippen LogP contribution is -2.40. The average Bonchev–Trinajstić information content (AvgIpc) is 2.52. The van der Waals surface area contributed by atoms with Crippen molar-refractivity contribution in [3.8, 4) is 0 Å². The molecule has 3 nitrogen and oxygen atoms in total. The van der Waals surface area contributed by atoms with Crippen molar-refractivity contribution in [3.63, 3.8) is 0 Å². The second kappa shape index (κ2) is 15.4. The zero-order valence-corrected chi connectivity index (χ0v) is 16.6. The predicted molar refractivity (Wildman–Crippen MR) is 101 cm³/mol. The lowest BCUT2D eigenvalue weighted by Gasteiger charge is -2.35. The Kier molecular flexibility index (Phi) is 15.3. The van der Waals surface area contributed by atoms with Gasteiger partial charge in [0.25, 0.3) is 0 Å². The molecule has 0 aliphatic heterocycles. The number of hydrogen-bond donors (Lipinski definition) is 1. The van der Waals surface area contributed by atoms with Gasteiger partial charge >= 0.3 is 0 Å². The molecule has 1 atom stereocenters. The van der Waals surface area contributed by atoms with Crippen LogP contribution in [-0.4, -0.2) is 32.1 Å². The van der Waals surface area contributed by atoms with Gasteiger partial charge < -0.3 is 14.8 Å². The Morgan fingerprint density at radius 1 is 0.826 bits per heavy atom. The van der Waals surface area contributed by atoms with Crippen LogP contribution >= 0.6 is 0 Å². The van der Waals surface area contributed by atoms with Crippen LogP contribution in [0.25, 0.3) is 0 Å². The Hall–Kier alpha value is -0.120. The third-order valence-electron chi connectivity index (χ3n) is 4.38. The summed E-state index contributed by atoms with van der Waals surface area (Å²) in [6, 6.07) is 0. The fourth-order valence-corrected chi connectivity index (χ4v) is 3.28. The van der Waals surface area contributed by atoms with Gasteiger partial charge in [-0.25, -0.2) is 0 Å². The zero-order chi connectivity index (χ0) is 17.4. The summed E-state index contributed by atoms with van der Waals surface area (Å²) >= 11 is 0. The lowest BCUT2D eigenvalue weighted by atomic mass is 9.95. The summed E-state index contributed by atoms with van der Waals surface area (Å²) in [6.45, 7) is 14.4. The van der Waals surface area contributed by atoms with Crippen LogP contribution < -0.4 is 5.32 Å². The maximum atomic E-state index is 6.12. The molecule has 0 fully saturated rings. The van der Waals surface area contributed by atoms with Gasteiger partial charge in [-0.05, 0) is 39.3 Å². The topological polar surface area (TPSA) is 30.5 Å². The minimum atomic E-state index is -0.373. The van der Waals surface area contributed by atoms with Gasteiger partial charge in [0.2, 0.25) is 0 Å². The minimum Gasteiger partial charge on any atom is -0.350 e. The van der Waals surface area contributed by atoms with Crippen molar-refractivity contribution in [1.82, 2.24) is 5.32 Å². The van der Waals surface area contributed by atoms with Gasteiger partial charge in [0.15, 0.2) is 5.79 Å². The molecule has 0 aromatic rings. The first kappa shape index (κ1) is 22.9. The molecule has 0 aromatic carbocycles. The van der Waals surface area contributed by atoms with Crippen molar-refractivity contribution in [3.05, 3.63) is 0 Å². The second-order valence-corrected chi connectivity index (χ2v) is 6.77. The average molecular weight is 330 g/mol. The molecular weight excluding hydrogens is 286 g/mol. The smallest absolute Gasteiger partial charge is 0.168 e. The van der Waals surface area contributed by atoms with Gasteiger partial charge in [0.05, 0.1) is 0 Å². The molecule has 0 radical (unpaired) electrons. The number of nitrogens with one attached hydrogen (secondary N) is 1. The van der Waals surface area contributed by atoms with E-state index in [9.17, 15) is 0 Å². The molecule has 0 aliphatic rings. The van der Waals surface area contributed by atoms with E-state index in [-0.39, 0.29) is 5.79 Å². The molecule has 1 unspecified atom stereocenters. The summed E-state index contributed by atoms with van der Waals surface area (Å²) in [5.74, 6) is 0.194. The molecular formula is C20H43NO2. The van der Waals surface area contributed by atoms with Gasteiger partial charge in [-0.1, -0.05) is 59.3 Å². The van der Waals surface area contributed by atoms with Gasteiger partial charge in [-0.3, -0.25) is 0 Å². The maximum Gasteiger partial charge on any atom is 0.168 e. The summed E-state index contributed by atoms with van der Waals surface area (Å²) in [4.78, 5) is 0. The molecule has 0 aromatic heterocycles. The Morgan fingerprint density at radius 2 is 1.39 bits per heavy atom. The molecule has 0 amide bonds. The van der Waals surface area contributed by atoms with E-state index in [1.807, 2.05) is 0 Å². The molecule has 140 valence electrons. The van der Waals surface area contributed by atoms with E-state index in [0.717, 1.165) is 39.1 Å². The number of hydrogen-bond acceptors (Lipinski definition) is 3. The maximum absolute atomic E-state index is 6.12. The van der Waals surface area contributed by atoms with Crippen molar-refractivity contribution in [2.75, 3.05) is 26.3 Å². The number of rotatable bonds is 17. The predicted octanol–water partition coefficient (Wildman–Crippen LogP) is 5.53. The number of unbranched alkanes of at least 4 members (excludes halogenated alkanes) is 6. The fourth-order valence-electron chi connectivity index (χ4n) is 3.28. The Balaban J connectivity index is 4.29. The van der Waals surface area contributed by atoms with Crippen LogP contribution in [0.3, 0.4) is 0 Å². The van der Waals surface area contributed by atoms with E-state index in [1.165, 1.54) is 44.9 Å². The Morgan fingerprint density at radius 3 is 1.91 bits per heavy atom. The van der Waals surface area contributed by atoms with E-state index in [2.05, 4.69) is 39.9 Å². The summed E-state index contributed by atoms with van der Waals surface area (Å²) in [6.07, 6.45) is 11.3. The highest BCUT2D eigenvalue weighted by molar-refractivity contribution is 4.75. The summed E-state index contributed by atoms with van der Waals surface area (Å²) in [5, 5.41) is 3.44. The first-order valence-corrected chi connectivity index (χ1v) is 10.1. The van der Waals surface area contributed by atoms with Gasteiger partial charge in [0, 0.05) is 26.1 Å². The molecule has 0 bridgehead atoms. The second-order valence-electron chi connectivity index (χ2n) is 6.77. The molecule has 0 heterocycles. The molecule has 0 aliphatic carbocycles. The normalized spacial score (nSPS) is 13.4. The first-order chi connectivity index (χ1) is 11.1. The van der Waals surface area contributed by atoms with Crippen molar-refractivity contribution >= 4 is 0 Å². The van der Waals surface area contributed by atoms with Gasteiger partial charge in [-0.15, -0.1) is 0 Å². The Labute approximate surface area is 145 Å². The van der Waals surface area contributed by atoms with Crippen molar-refractivity contribution in [2.45, 2.75) is 98.2 Å². The highest BCUT2D eigenvalue weighted by atomic mass is 16.7. The zero-order valence-electron chi connectivity index (χ0n) is 16.6. The van der Waals surface area contributed by atoms with Crippen LogP contribution in [0.5, 0.6) is 0 Å². The molecule has 3 heteroatoms. The fraction of sp³-hybridized carbons (Fsp3) is 1.00.